The van der Waals surface area contributed by atoms with Crippen LogP contribution in [0.4, 0.5) is 0 Å². The van der Waals surface area contributed by atoms with E-state index in [0.717, 1.165) is 0 Å². The molecule has 0 atom stereocenters. The molecule has 0 saturated heterocycles. The van der Waals surface area contributed by atoms with Crippen molar-refractivity contribution >= 4 is 0 Å². The maximum Gasteiger partial charge on any atom is 0 e. The second kappa shape index (κ2) is 9.09. The van der Waals surface area contributed by atoms with Crippen molar-refractivity contribution in [3.8, 4) is 0 Å². The van der Waals surface area contributed by atoms with Crippen LogP contribution in [0.1, 0.15) is 13.8 Å². The first-order valence-corrected chi connectivity index (χ1v) is 1.39. The molecule has 0 aromatic rings. The summed E-state index contributed by atoms with van der Waals surface area (Å²) in [4.78, 5) is 0. The van der Waals surface area contributed by atoms with Crippen LogP contribution in [0.15, 0.2) is 0 Å². The van der Waals surface area contributed by atoms with Gasteiger partial charge in [0.2, 0.25) is 0 Å². The zero-order chi connectivity index (χ0) is 3.58. The SMILES string of the molecule is CC(C)[O-].[O-2].[V]. The molecule has 0 aromatic heterocycles. The van der Waals surface area contributed by atoms with Gasteiger partial charge in [0, 0.05) is 18.6 Å². The fourth-order valence-corrected chi connectivity index (χ4v) is 0. The minimum atomic E-state index is -0.417. The molecule has 0 spiro atoms. The van der Waals surface area contributed by atoms with E-state index in [2.05, 4.69) is 0 Å². The number of hydrogen-bond acceptors (Lipinski definition) is 1. The van der Waals surface area contributed by atoms with Gasteiger partial charge in [-0.2, -0.15) is 0 Å². The van der Waals surface area contributed by atoms with Crippen molar-refractivity contribution in [3.05, 3.63) is 0 Å². The maximum atomic E-state index is 9.53. The Morgan fingerprint density at radius 3 is 1.33 bits per heavy atom. The summed E-state index contributed by atoms with van der Waals surface area (Å²) in [5.74, 6) is 0. The Morgan fingerprint density at radius 2 is 1.33 bits per heavy atom. The molecule has 0 fully saturated rings. The molecule has 0 N–H and O–H groups in total. The molecule has 39 valence electrons. The van der Waals surface area contributed by atoms with Crippen LogP contribution < -0.4 is 5.11 Å². The van der Waals surface area contributed by atoms with Gasteiger partial charge in [0.1, 0.15) is 0 Å². The van der Waals surface area contributed by atoms with Gasteiger partial charge in [-0.1, -0.05) is 13.8 Å². The average Bonchev–Trinajstić information content (AvgIpc) is 0.811. The van der Waals surface area contributed by atoms with Crippen molar-refractivity contribution in [3.63, 3.8) is 0 Å². The molecule has 0 aromatic carbocycles. The van der Waals surface area contributed by atoms with Gasteiger partial charge in [0.15, 0.2) is 0 Å². The van der Waals surface area contributed by atoms with Crippen LogP contribution in [0.5, 0.6) is 0 Å². The topological polar surface area (TPSA) is 51.6 Å². The van der Waals surface area contributed by atoms with E-state index in [0.29, 0.717) is 0 Å². The fourth-order valence-electron chi connectivity index (χ4n) is 0. The predicted molar refractivity (Wildman–Crippen MR) is 15.8 cm³/mol. The first-order chi connectivity index (χ1) is 1.73. The van der Waals surface area contributed by atoms with Crippen molar-refractivity contribution in [1.29, 1.82) is 0 Å². The van der Waals surface area contributed by atoms with Gasteiger partial charge in [-0.25, -0.2) is 0 Å². The molecular weight excluding hydrogens is 119 g/mol. The number of hydrogen-bond donors (Lipinski definition) is 0. The molecule has 1 radical (unpaired) electrons. The molecular formula is C3H7O2V-3. The van der Waals surface area contributed by atoms with Gasteiger partial charge in [-0.3, -0.25) is 0 Å². The van der Waals surface area contributed by atoms with E-state index in [1.807, 2.05) is 0 Å². The van der Waals surface area contributed by atoms with Crippen molar-refractivity contribution in [2.45, 2.75) is 20.0 Å². The summed E-state index contributed by atoms with van der Waals surface area (Å²) in [5.41, 5.74) is 0. The summed E-state index contributed by atoms with van der Waals surface area (Å²) in [6.45, 7) is 3.22. The Morgan fingerprint density at radius 1 is 1.33 bits per heavy atom. The Balaban J connectivity index is -0.0000000450. The van der Waals surface area contributed by atoms with Gasteiger partial charge in [-0.15, -0.1) is 6.10 Å². The van der Waals surface area contributed by atoms with Crippen molar-refractivity contribution in [2.75, 3.05) is 0 Å². The third-order valence-corrected chi connectivity index (χ3v) is 0. The van der Waals surface area contributed by atoms with Crippen LogP contribution in [0.25, 0.3) is 0 Å². The first kappa shape index (κ1) is 16.0. The van der Waals surface area contributed by atoms with E-state index >= 15 is 0 Å². The zero-order valence-corrected chi connectivity index (χ0v) is 5.24. The molecule has 2 nitrogen and oxygen atoms in total. The smallest absolute Gasteiger partial charge is 0 e. The van der Waals surface area contributed by atoms with Crippen LogP contribution >= 0.6 is 0 Å². The molecule has 0 unspecified atom stereocenters. The molecule has 0 aliphatic carbocycles. The molecule has 6 heavy (non-hydrogen) atoms. The molecule has 0 bridgehead atoms. The van der Waals surface area contributed by atoms with Crippen LogP contribution in [-0.4, -0.2) is 6.10 Å². The molecule has 0 amide bonds. The van der Waals surface area contributed by atoms with E-state index in [-0.39, 0.29) is 24.0 Å². The Hall–Kier alpha value is 0.504. The third kappa shape index (κ3) is 217. The summed E-state index contributed by atoms with van der Waals surface area (Å²) in [5, 5.41) is 9.53. The minimum absolute atomic E-state index is 0. The Kier molecular flexibility index (Phi) is 24.3. The van der Waals surface area contributed by atoms with Gasteiger partial charge in [0.25, 0.3) is 0 Å². The molecule has 0 aliphatic rings. The largest absolute Gasteiger partial charge is 2.00 e. The van der Waals surface area contributed by atoms with Gasteiger partial charge >= 0.3 is 0 Å². The molecule has 0 saturated carbocycles. The summed E-state index contributed by atoms with van der Waals surface area (Å²) in [6.07, 6.45) is -0.417. The second-order valence-electron chi connectivity index (χ2n) is 1.05. The second-order valence-corrected chi connectivity index (χ2v) is 1.05. The predicted octanol–water partition coefficient (Wildman–Crippen LogP) is -0.366. The molecule has 3 heteroatoms. The van der Waals surface area contributed by atoms with Crippen molar-refractivity contribution in [2.24, 2.45) is 0 Å². The molecule has 0 aliphatic heterocycles. The normalized spacial score (nSPS) is 6.00. The monoisotopic (exact) mass is 126 g/mol. The Labute approximate surface area is 49.8 Å². The zero-order valence-electron chi connectivity index (χ0n) is 3.84. The van der Waals surface area contributed by atoms with E-state index in [1.165, 1.54) is 0 Å². The minimum Gasteiger partial charge on any atom is -2.00 e. The van der Waals surface area contributed by atoms with Gasteiger partial charge in [0.05, 0.1) is 0 Å². The number of rotatable bonds is 0. The van der Waals surface area contributed by atoms with Crippen LogP contribution in [0, 0.1) is 0 Å². The quantitative estimate of drug-likeness (QED) is 0.437. The third-order valence-electron chi connectivity index (χ3n) is 0. The van der Waals surface area contributed by atoms with E-state index in [4.69, 9.17) is 0 Å². The maximum absolute atomic E-state index is 9.53. The summed E-state index contributed by atoms with van der Waals surface area (Å²) in [7, 11) is 0. The van der Waals surface area contributed by atoms with Crippen LogP contribution in [-0.2, 0) is 24.0 Å². The standard InChI is InChI=1S/C3H7O.O.V/c1-3(2)4;;/h3H,1-2H3;;/q-1;-2;. The Bertz CT molecular complexity index is 13.5. The van der Waals surface area contributed by atoms with Crippen molar-refractivity contribution in [1.82, 2.24) is 0 Å². The molecule has 0 heterocycles. The fraction of sp³-hybridized carbons (Fsp3) is 1.00. The first-order valence-electron chi connectivity index (χ1n) is 1.39. The van der Waals surface area contributed by atoms with Crippen LogP contribution in [0.3, 0.4) is 0 Å². The van der Waals surface area contributed by atoms with E-state index in [1.54, 1.807) is 13.8 Å². The van der Waals surface area contributed by atoms with Crippen molar-refractivity contribution < 1.29 is 29.1 Å². The van der Waals surface area contributed by atoms with Gasteiger partial charge < -0.3 is 10.6 Å². The van der Waals surface area contributed by atoms with E-state index < -0.39 is 6.10 Å². The van der Waals surface area contributed by atoms with E-state index in [9.17, 15) is 5.11 Å². The summed E-state index contributed by atoms with van der Waals surface area (Å²) < 4.78 is 0. The molecule has 0 rings (SSSR count). The summed E-state index contributed by atoms with van der Waals surface area (Å²) >= 11 is 0. The summed E-state index contributed by atoms with van der Waals surface area (Å²) in [6, 6.07) is 0. The van der Waals surface area contributed by atoms with Crippen LogP contribution in [0.2, 0.25) is 0 Å². The average molecular weight is 126 g/mol. The van der Waals surface area contributed by atoms with Gasteiger partial charge in [-0.05, 0) is 0 Å².